The van der Waals surface area contributed by atoms with Gasteiger partial charge in [0.1, 0.15) is 5.84 Å². The predicted molar refractivity (Wildman–Crippen MR) is 69.4 cm³/mol. The molecule has 0 amide bonds. The number of nitrogens with zero attached hydrogens (tertiary/aromatic N) is 2. The van der Waals surface area contributed by atoms with Gasteiger partial charge in [-0.05, 0) is 26.8 Å². The van der Waals surface area contributed by atoms with Gasteiger partial charge in [0, 0.05) is 24.8 Å². The number of nitrogens with one attached hydrogen (secondary N) is 1. The summed E-state index contributed by atoms with van der Waals surface area (Å²) in [7, 11) is 0. The number of likely N-dealkylation sites (N-methyl/N-ethyl adjacent to an activating group) is 1. The fraction of sp³-hybridized carbons (Fsp3) is 0.500. The van der Waals surface area contributed by atoms with E-state index in [1.165, 1.54) is 0 Å². The zero-order valence-corrected chi connectivity index (χ0v) is 10.6. The largest absolute Gasteiger partial charge is 0.389 e. The molecule has 0 saturated carbocycles. The Bertz CT molecular complexity index is 398. The Hall–Kier alpha value is -1.62. The summed E-state index contributed by atoms with van der Waals surface area (Å²) in [5, 5.41) is 17.4. The monoisotopic (exact) mass is 236 g/mol. The van der Waals surface area contributed by atoms with Crippen LogP contribution in [-0.2, 0) is 0 Å². The van der Waals surface area contributed by atoms with Crippen molar-refractivity contribution < 1.29 is 5.11 Å². The molecule has 4 N–H and O–H groups in total. The Kier molecular flexibility index (Phi) is 4.07. The second kappa shape index (κ2) is 5.14. The van der Waals surface area contributed by atoms with Crippen LogP contribution in [0.15, 0.2) is 18.5 Å². The van der Waals surface area contributed by atoms with Crippen molar-refractivity contribution in [3.8, 4) is 0 Å². The standard InChI is InChI=1S/C12H20N4O/c1-4-16(8-12(2,3)17)10-7-15-6-5-9(10)11(13)14/h5-7,17H,4,8H2,1-3H3,(H3,13,14). The Balaban J connectivity index is 3.07. The van der Waals surface area contributed by atoms with E-state index in [9.17, 15) is 5.11 Å². The molecule has 0 aliphatic rings. The molecule has 1 aromatic rings. The van der Waals surface area contributed by atoms with E-state index in [4.69, 9.17) is 11.1 Å². The average molecular weight is 236 g/mol. The minimum atomic E-state index is -0.806. The van der Waals surface area contributed by atoms with Crippen LogP contribution in [0.3, 0.4) is 0 Å². The molecule has 0 bridgehead atoms. The molecule has 0 aliphatic heterocycles. The molecule has 1 aromatic heterocycles. The Morgan fingerprint density at radius 1 is 1.59 bits per heavy atom. The van der Waals surface area contributed by atoms with Crippen LogP contribution in [0.5, 0.6) is 0 Å². The van der Waals surface area contributed by atoms with Gasteiger partial charge in [0.25, 0.3) is 0 Å². The van der Waals surface area contributed by atoms with E-state index in [0.29, 0.717) is 12.1 Å². The van der Waals surface area contributed by atoms with Crippen molar-refractivity contribution in [1.82, 2.24) is 4.98 Å². The van der Waals surface area contributed by atoms with E-state index in [2.05, 4.69) is 4.98 Å². The molecule has 5 heteroatoms. The van der Waals surface area contributed by atoms with Crippen LogP contribution in [0.2, 0.25) is 0 Å². The van der Waals surface area contributed by atoms with Crippen molar-refractivity contribution in [2.24, 2.45) is 5.73 Å². The van der Waals surface area contributed by atoms with Crippen LogP contribution in [0.25, 0.3) is 0 Å². The quantitative estimate of drug-likeness (QED) is 0.525. The van der Waals surface area contributed by atoms with Crippen LogP contribution in [0, 0.1) is 5.41 Å². The normalized spacial score (nSPS) is 11.3. The number of hydrogen-bond acceptors (Lipinski definition) is 4. The molecule has 94 valence electrons. The molecule has 1 heterocycles. The summed E-state index contributed by atoms with van der Waals surface area (Å²) < 4.78 is 0. The molecule has 0 spiro atoms. The van der Waals surface area contributed by atoms with E-state index in [1.54, 1.807) is 32.3 Å². The first-order chi connectivity index (χ1) is 7.85. The van der Waals surface area contributed by atoms with Gasteiger partial charge in [0.05, 0.1) is 17.5 Å². The van der Waals surface area contributed by atoms with Crippen molar-refractivity contribution in [2.75, 3.05) is 18.0 Å². The fourth-order valence-electron chi connectivity index (χ4n) is 1.70. The lowest BCUT2D eigenvalue weighted by atomic mass is 10.1. The minimum absolute atomic E-state index is 0.0107. The van der Waals surface area contributed by atoms with Gasteiger partial charge in [0.15, 0.2) is 0 Å². The van der Waals surface area contributed by atoms with E-state index in [0.717, 1.165) is 12.2 Å². The highest BCUT2D eigenvalue weighted by molar-refractivity contribution is 6.00. The first kappa shape index (κ1) is 13.4. The SMILES string of the molecule is CCN(CC(C)(C)O)c1cnccc1C(=N)N. The summed E-state index contributed by atoms with van der Waals surface area (Å²) in [6, 6.07) is 1.71. The second-order valence-corrected chi connectivity index (χ2v) is 4.63. The number of hydrogen-bond donors (Lipinski definition) is 3. The third kappa shape index (κ3) is 3.71. The predicted octanol–water partition coefficient (Wildman–Crippen LogP) is 0.963. The van der Waals surface area contributed by atoms with Gasteiger partial charge >= 0.3 is 0 Å². The molecule has 0 radical (unpaired) electrons. The van der Waals surface area contributed by atoms with Crippen LogP contribution in [0.1, 0.15) is 26.3 Å². The Morgan fingerprint density at radius 3 is 2.71 bits per heavy atom. The number of amidine groups is 1. The summed E-state index contributed by atoms with van der Waals surface area (Å²) in [6.45, 7) is 6.67. The topological polar surface area (TPSA) is 86.2 Å². The summed E-state index contributed by atoms with van der Waals surface area (Å²) in [6.07, 6.45) is 3.28. The molecular formula is C12H20N4O. The van der Waals surface area contributed by atoms with Crippen LogP contribution >= 0.6 is 0 Å². The lowest BCUT2D eigenvalue weighted by Crippen LogP contribution is -2.39. The highest BCUT2D eigenvalue weighted by atomic mass is 16.3. The van der Waals surface area contributed by atoms with Gasteiger partial charge in [-0.15, -0.1) is 0 Å². The lowest BCUT2D eigenvalue weighted by Gasteiger charge is -2.30. The van der Waals surface area contributed by atoms with E-state index >= 15 is 0 Å². The highest BCUT2D eigenvalue weighted by Gasteiger charge is 2.20. The molecule has 5 nitrogen and oxygen atoms in total. The zero-order chi connectivity index (χ0) is 13.1. The summed E-state index contributed by atoms with van der Waals surface area (Å²) in [5.74, 6) is 0.0107. The van der Waals surface area contributed by atoms with Gasteiger partial charge in [-0.3, -0.25) is 10.4 Å². The Labute approximate surface area is 102 Å². The molecular weight excluding hydrogens is 216 g/mol. The number of nitrogen functional groups attached to an aromatic ring is 1. The summed E-state index contributed by atoms with van der Waals surface area (Å²) >= 11 is 0. The molecule has 0 atom stereocenters. The number of aromatic nitrogens is 1. The van der Waals surface area contributed by atoms with E-state index < -0.39 is 5.60 Å². The number of pyridine rings is 1. The third-order valence-corrected chi connectivity index (χ3v) is 2.39. The average Bonchev–Trinajstić information content (AvgIpc) is 2.24. The fourth-order valence-corrected chi connectivity index (χ4v) is 1.70. The maximum absolute atomic E-state index is 9.86. The van der Waals surface area contributed by atoms with Crippen LogP contribution in [-0.4, -0.2) is 34.6 Å². The second-order valence-electron chi connectivity index (χ2n) is 4.63. The van der Waals surface area contributed by atoms with Gasteiger partial charge < -0.3 is 15.7 Å². The number of rotatable bonds is 5. The maximum atomic E-state index is 9.86. The lowest BCUT2D eigenvalue weighted by molar-refractivity contribution is 0.0876. The summed E-state index contributed by atoms with van der Waals surface area (Å²) in [5.41, 5.74) is 6.16. The molecule has 0 aliphatic carbocycles. The molecule has 0 saturated heterocycles. The molecule has 0 aromatic carbocycles. The first-order valence-corrected chi connectivity index (χ1v) is 5.61. The van der Waals surface area contributed by atoms with Gasteiger partial charge in [0.2, 0.25) is 0 Å². The van der Waals surface area contributed by atoms with Crippen LogP contribution in [0.4, 0.5) is 5.69 Å². The highest BCUT2D eigenvalue weighted by Crippen LogP contribution is 2.20. The smallest absolute Gasteiger partial charge is 0.125 e. The van der Waals surface area contributed by atoms with Crippen LogP contribution < -0.4 is 10.6 Å². The molecule has 0 fully saturated rings. The molecule has 17 heavy (non-hydrogen) atoms. The van der Waals surface area contributed by atoms with Gasteiger partial charge in [-0.1, -0.05) is 0 Å². The Morgan fingerprint density at radius 2 is 2.24 bits per heavy atom. The van der Waals surface area contributed by atoms with Crippen molar-refractivity contribution >= 4 is 11.5 Å². The first-order valence-electron chi connectivity index (χ1n) is 5.61. The number of aliphatic hydroxyl groups is 1. The van der Waals surface area contributed by atoms with Crippen molar-refractivity contribution in [3.63, 3.8) is 0 Å². The molecule has 0 unspecified atom stereocenters. The van der Waals surface area contributed by atoms with Gasteiger partial charge in [-0.25, -0.2) is 0 Å². The van der Waals surface area contributed by atoms with E-state index in [-0.39, 0.29) is 5.84 Å². The zero-order valence-electron chi connectivity index (χ0n) is 10.6. The van der Waals surface area contributed by atoms with Crippen molar-refractivity contribution in [1.29, 1.82) is 5.41 Å². The minimum Gasteiger partial charge on any atom is -0.389 e. The number of nitrogens with two attached hydrogens (primary N) is 1. The maximum Gasteiger partial charge on any atom is 0.125 e. The van der Waals surface area contributed by atoms with Gasteiger partial charge in [-0.2, -0.15) is 0 Å². The molecule has 1 rings (SSSR count). The van der Waals surface area contributed by atoms with Crippen molar-refractivity contribution in [2.45, 2.75) is 26.4 Å². The van der Waals surface area contributed by atoms with Crippen molar-refractivity contribution in [3.05, 3.63) is 24.0 Å². The third-order valence-electron chi connectivity index (χ3n) is 2.39. The number of anilines is 1. The van der Waals surface area contributed by atoms with E-state index in [1.807, 2.05) is 11.8 Å². The summed E-state index contributed by atoms with van der Waals surface area (Å²) in [4.78, 5) is 6.01.